The number of hydrogen-bond acceptors (Lipinski definition) is 4. The van der Waals surface area contributed by atoms with Crippen molar-refractivity contribution in [2.75, 3.05) is 13.2 Å². The second kappa shape index (κ2) is 9.44. The summed E-state index contributed by atoms with van der Waals surface area (Å²) in [4.78, 5) is 10.1. The van der Waals surface area contributed by atoms with Crippen molar-refractivity contribution in [2.45, 2.75) is 26.3 Å². The van der Waals surface area contributed by atoms with Gasteiger partial charge in [0.15, 0.2) is 0 Å². The lowest BCUT2D eigenvalue weighted by molar-refractivity contribution is -0.138. The Hall–Kier alpha value is -0.650. The van der Waals surface area contributed by atoms with Crippen molar-refractivity contribution < 1.29 is 15.0 Å². The lowest BCUT2D eigenvalue weighted by Gasteiger charge is -2.07. The maximum absolute atomic E-state index is 10.1. The fraction of sp³-hybridized carbons (Fsp3) is 0.875. The predicted molar refractivity (Wildman–Crippen MR) is 51.2 cm³/mol. The van der Waals surface area contributed by atoms with Crippen LogP contribution in [0.3, 0.4) is 0 Å². The van der Waals surface area contributed by atoms with Gasteiger partial charge in [-0.2, -0.15) is 0 Å². The highest BCUT2D eigenvalue weighted by Crippen LogP contribution is 2.01. The largest absolute Gasteiger partial charge is 0.480 e. The van der Waals surface area contributed by atoms with Gasteiger partial charge in [-0.3, -0.25) is 4.79 Å². The normalized spacial score (nSPS) is 11.8. The van der Waals surface area contributed by atoms with Crippen LogP contribution in [0.2, 0.25) is 0 Å². The summed E-state index contributed by atoms with van der Waals surface area (Å²) < 4.78 is 0. The molecule has 5 nitrogen and oxygen atoms in total. The monoisotopic (exact) mass is 192 g/mol. The SMILES string of the molecule is CC(C)CC(N)C(=O)O.NCCO. The van der Waals surface area contributed by atoms with Gasteiger partial charge < -0.3 is 21.7 Å². The van der Waals surface area contributed by atoms with E-state index in [2.05, 4.69) is 0 Å². The lowest BCUT2D eigenvalue weighted by atomic mass is 10.1. The maximum atomic E-state index is 10.1. The Kier molecular flexibility index (Phi) is 10.8. The highest BCUT2D eigenvalue weighted by molar-refractivity contribution is 5.72. The Bertz CT molecular complexity index is 127. The van der Waals surface area contributed by atoms with Crippen LogP contribution in [0, 0.1) is 5.92 Å². The summed E-state index contributed by atoms with van der Waals surface area (Å²) in [5, 5.41) is 16.1. The Balaban J connectivity index is 0. The molecular weight excluding hydrogens is 172 g/mol. The molecule has 80 valence electrons. The van der Waals surface area contributed by atoms with E-state index < -0.39 is 12.0 Å². The van der Waals surface area contributed by atoms with E-state index in [1.54, 1.807) is 0 Å². The fourth-order valence-corrected chi connectivity index (χ4v) is 0.609. The van der Waals surface area contributed by atoms with Crippen LogP contribution in [0.15, 0.2) is 0 Å². The third kappa shape index (κ3) is 14.2. The molecule has 0 saturated carbocycles. The molecule has 0 aliphatic heterocycles. The van der Waals surface area contributed by atoms with E-state index in [1.165, 1.54) is 0 Å². The standard InChI is InChI=1S/C6H13NO2.C2H7NO/c1-4(2)3-5(7)6(8)9;3-1-2-4/h4-5H,3,7H2,1-2H3,(H,8,9);4H,1-3H2. The quantitative estimate of drug-likeness (QED) is 0.474. The molecule has 0 aromatic heterocycles. The van der Waals surface area contributed by atoms with Gasteiger partial charge in [-0.05, 0) is 12.3 Å². The average molecular weight is 192 g/mol. The number of aliphatic hydroxyl groups excluding tert-OH is 1. The molecule has 0 radical (unpaired) electrons. The van der Waals surface area contributed by atoms with Crippen LogP contribution >= 0.6 is 0 Å². The van der Waals surface area contributed by atoms with Gasteiger partial charge in [-0.1, -0.05) is 13.8 Å². The number of carboxylic acid groups (broad SMARTS) is 1. The van der Waals surface area contributed by atoms with E-state index in [9.17, 15) is 4.79 Å². The minimum atomic E-state index is -0.913. The zero-order valence-corrected chi connectivity index (χ0v) is 8.23. The molecule has 0 bridgehead atoms. The summed E-state index contributed by atoms with van der Waals surface area (Å²) in [6.07, 6.45) is 0.551. The molecule has 1 atom stereocenters. The first-order chi connectivity index (χ1) is 5.95. The van der Waals surface area contributed by atoms with Crippen molar-refractivity contribution in [3.63, 3.8) is 0 Å². The van der Waals surface area contributed by atoms with Gasteiger partial charge in [-0.15, -0.1) is 0 Å². The zero-order chi connectivity index (χ0) is 10.9. The van der Waals surface area contributed by atoms with Gasteiger partial charge in [-0.25, -0.2) is 0 Å². The van der Waals surface area contributed by atoms with Crippen molar-refractivity contribution in [3.8, 4) is 0 Å². The van der Waals surface area contributed by atoms with Crippen molar-refractivity contribution in [2.24, 2.45) is 17.4 Å². The Labute approximate surface area is 78.7 Å². The Morgan fingerprint density at radius 2 is 1.85 bits per heavy atom. The average Bonchev–Trinajstić information content (AvgIpc) is 2.03. The van der Waals surface area contributed by atoms with Gasteiger partial charge in [0.05, 0.1) is 6.61 Å². The van der Waals surface area contributed by atoms with Gasteiger partial charge >= 0.3 is 5.97 Å². The first-order valence-corrected chi connectivity index (χ1v) is 4.25. The summed E-state index contributed by atoms with van der Waals surface area (Å²) in [5.74, 6) is -0.556. The number of hydrogen-bond donors (Lipinski definition) is 4. The van der Waals surface area contributed by atoms with Crippen LogP contribution < -0.4 is 11.5 Å². The minimum absolute atomic E-state index is 0.0972. The topological polar surface area (TPSA) is 110 Å². The fourth-order valence-electron chi connectivity index (χ4n) is 0.609. The Morgan fingerprint density at radius 3 is 1.92 bits per heavy atom. The van der Waals surface area contributed by atoms with E-state index in [-0.39, 0.29) is 6.61 Å². The number of rotatable bonds is 4. The third-order valence-electron chi connectivity index (χ3n) is 1.17. The van der Waals surface area contributed by atoms with Crippen LogP contribution in [-0.4, -0.2) is 35.4 Å². The van der Waals surface area contributed by atoms with E-state index in [0.717, 1.165) is 0 Å². The molecule has 13 heavy (non-hydrogen) atoms. The first-order valence-electron chi connectivity index (χ1n) is 4.25. The second-order valence-electron chi connectivity index (χ2n) is 3.09. The van der Waals surface area contributed by atoms with Gasteiger partial charge in [0, 0.05) is 6.54 Å². The summed E-state index contributed by atoms with van der Waals surface area (Å²) >= 11 is 0. The molecule has 0 saturated heterocycles. The minimum Gasteiger partial charge on any atom is -0.480 e. The van der Waals surface area contributed by atoms with Crippen LogP contribution in [0.25, 0.3) is 0 Å². The molecule has 0 aliphatic carbocycles. The predicted octanol–water partition coefficient (Wildman–Crippen LogP) is -0.618. The Morgan fingerprint density at radius 1 is 1.46 bits per heavy atom. The number of aliphatic carboxylic acids is 1. The highest BCUT2D eigenvalue weighted by atomic mass is 16.4. The molecule has 0 aromatic carbocycles. The summed E-state index contributed by atoms with van der Waals surface area (Å²) in [7, 11) is 0. The van der Waals surface area contributed by atoms with Gasteiger partial charge in [0.1, 0.15) is 6.04 Å². The molecule has 0 aromatic rings. The van der Waals surface area contributed by atoms with E-state index >= 15 is 0 Å². The van der Waals surface area contributed by atoms with Crippen LogP contribution in [0.5, 0.6) is 0 Å². The summed E-state index contributed by atoms with van der Waals surface area (Å²) in [5.41, 5.74) is 10.00. The van der Waals surface area contributed by atoms with Crippen molar-refractivity contribution in [1.29, 1.82) is 0 Å². The van der Waals surface area contributed by atoms with Crippen LogP contribution in [-0.2, 0) is 4.79 Å². The molecule has 1 unspecified atom stereocenters. The number of carboxylic acids is 1. The molecule has 0 rings (SSSR count). The van der Waals surface area contributed by atoms with Gasteiger partial charge in [0.2, 0.25) is 0 Å². The second-order valence-corrected chi connectivity index (χ2v) is 3.09. The first kappa shape index (κ1) is 14.9. The molecular formula is C8H20N2O3. The van der Waals surface area contributed by atoms with E-state index in [0.29, 0.717) is 18.9 Å². The summed E-state index contributed by atoms with van der Waals surface area (Å²) in [6, 6.07) is -0.690. The van der Waals surface area contributed by atoms with Crippen molar-refractivity contribution in [1.82, 2.24) is 0 Å². The van der Waals surface area contributed by atoms with E-state index in [4.69, 9.17) is 21.7 Å². The lowest BCUT2D eigenvalue weighted by Crippen LogP contribution is -2.31. The van der Waals surface area contributed by atoms with E-state index in [1.807, 2.05) is 13.8 Å². The highest BCUT2D eigenvalue weighted by Gasteiger charge is 2.11. The molecule has 0 aliphatic rings. The molecule has 0 fully saturated rings. The molecule has 5 heteroatoms. The molecule has 6 N–H and O–H groups in total. The maximum Gasteiger partial charge on any atom is 0.320 e. The van der Waals surface area contributed by atoms with Crippen LogP contribution in [0.4, 0.5) is 0 Å². The molecule has 0 heterocycles. The van der Waals surface area contributed by atoms with Gasteiger partial charge in [0.25, 0.3) is 0 Å². The number of nitrogens with two attached hydrogens (primary N) is 2. The number of carbonyl (C=O) groups is 1. The third-order valence-corrected chi connectivity index (χ3v) is 1.17. The summed E-state index contributed by atoms with van der Waals surface area (Å²) in [6.45, 7) is 4.37. The molecule has 0 amide bonds. The van der Waals surface area contributed by atoms with Crippen molar-refractivity contribution in [3.05, 3.63) is 0 Å². The molecule has 0 spiro atoms. The van der Waals surface area contributed by atoms with Crippen molar-refractivity contribution >= 4 is 5.97 Å². The smallest absolute Gasteiger partial charge is 0.320 e. The zero-order valence-electron chi connectivity index (χ0n) is 8.23. The van der Waals surface area contributed by atoms with Crippen LogP contribution in [0.1, 0.15) is 20.3 Å². The number of aliphatic hydroxyl groups is 1.